The third kappa shape index (κ3) is 4.24. The predicted molar refractivity (Wildman–Crippen MR) is 147 cm³/mol. The average Bonchev–Trinajstić information content (AvgIpc) is 3.58. The predicted octanol–water partition coefficient (Wildman–Crippen LogP) is 6.34. The summed E-state index contributed by atoms with van der Waals surface area (Å²) in [7, 11) is 0. The fourth-order valence-corrected chi connectivity index (χ4v) is 7.40. The highest BCUT2D eigenvalue weighted by atomic mass is 32.1. The number of benzene rings is 2. The van der Waals surface area contributed by atoms with Gasteiger partial charge in [0.2, 0.25) is 0 Å². The van der Waals surface area contributed by atoms with E-state index in [9.17, 15) is 22.0 Å². The second kappa shape index (κ2) is 9.56. The molecule has 0 radical (unpaired) electrons. The minimum atomic E-state index is -4.98. The molecule has 0 spiro atoms. The van der Waals surface area contributed by atoms with E-state index in [0.29, 0.717) is 19.5 Å². The van der Waals surface area contributed by atoms with Gasteiger partial charge in [0.25, 0.3) is 0 Å². The van der Waals surface area contributed by atoms with Gasteiger partial charge in [-0.1, -0.05) is 11.3 Å². The number of nitrogens with two attached hydrogens (primary N) is 1. The topological polar surface area (TPSA) is 80.4 Å². The number of anilines is 2. The molecule has 3 saturated heterocycles. The van der Waals surface area contributed by atoms with Gasteiger partial charge in [-0.3, -0.25) is 4.90 Å². The Kier molecular flexibility index (Phi) is 6.25. The number of nitrogens with zero attached hydrogens (tertiary/aromatic N) is 5. The largest absolute Gasteiger partial charge is 0.461 e. The van der Waals surface area contributed by atoms with Crippen molar-refractivity contribution in [1.82, 2.24) is 19.9 Å². The van der Waals surface area contributed by atoms with Crippen LogP contribution in [0.1, 0.15) is 38.2 Å². The van der Waals surface area contributed by atoms with Crippen LogP contribution in [0.5, 0.6) is 6.01 Å². The molecule has 2 aromatic heterocycles. The Labute approximate surface area is 240 Å². The van der Waals surface area contributed by atoms with Gasteiger partial charge in [-0.2, -0.15) is 23.1 Å². The second-order valence-electron chi connectivity index (χ2n) is 11.4. The molecule has 0 amide bonds. The molecule has 42 heavy (non-hydrogen) atoms. The van der Waals surface area contributed by atoms with Gasteiger partial charge >= 0.3 is 12.2 Å². The van der Waals surface area contributed by atoms with Crippen molar-refractivity contribution in [3.05, 3.63) is 35.4 Å². The Bertz CT molecular complexity index is 1730. The van der Waals surface area contributed by atoms with Crippen molar-refractivity contribution in [3.63, 3.8) is 0 Å². The molecule has 0 bridgehead atoms. The van der Waals surface area contributed by atoms with Gasteiger partial charge in [-0.15, -0.1) is 0 Å². The summed E-state index contributed by atoms with van der Waals surface area (Å²) in [5.74, 6) is -1.86. The van der Waals surface area contributed by atoms with E-state index >= 15 is 4.39 Å². The fraction of sp³-hybridized carbons (Fsp3) is 0.464. The van der Waals surface area contributed by atoms with Crippen LogP contribution in [-0.4, -0.2) is 63.8 Å². The first-order valence-electron chi connectivity index (χ1n) is 13.7. The molecule has 222 valence electrons. The molecule has 5 heterocycles. The highest BCUT2D eigenvalue weighted by molar-refractivity contribution is 7.22. The van der Waals surface area contributed by atoms with E-state index in [1.54, 1.807) is 4.90 Å². The summed E-state index contributed by atoms with van der Waals surface area (Å²) in [6.07, 6.45) is -3.28. The van der Waals surface area contributed by atoms with Crippen molar-refractivity contribution in [2.24, 2.45) is 0 Å². The Hall–Kier alpha value is -3.39. The lowest BCUT2D eigenvalue weighted by atomic mass is 9.94. The van der Waals surface area contributed by atoms with Crippen LogP contribution in [0.4, 0.5) is 37.3 Å². The van der Waals surface area contributed by atoms with Crippen LogP contribution in [0.3, 0.4) is 0 Å². The van der Waals surface area contributed by atoms with Crippen LogP contribution in [0.2, 0.25) is 0 Å². The summed E-state index contributed by atoms with van der Waals surface area (Å²) in [5, 5.41) is -0.190. The molecule has 2 N–H and O–H groups in total. The number of nitrogen functional groups attached to an aromatic ring is 1. The third-order valence-corrected chi connectivity index (χ3v) is 9.69. The monoisotopic (exact) mass is 608 g/mol. The zero-order valence-corrected chi connectivity index (χ0v) is 23.3. The Morgan fingerprint density at radius 3 is 2.67 bits per heavy atom. The molecule has 3 atom stereocenters. The number of fused-ring (bicyclic) bond motifs is 3. The van der Waals surface area contributed by atoms with Gasteiger partial charge in [0.1, 0.15) is 29.9 Å². The van der Waals surface area contributed by atoms with Crippen molar-refractivity contribution in [2.75, 3.05) is 36.9 Å². The maximum Gasteiger partial charge on any atom is 0.417 e. The van der Waals surface area contributed by atoms with Crippen LogP contribution < -0.4 is 15.4 Å². The number of halogens is 6. The molecule has 7 nitrogen and oxygen atoms in total. The summed E-state index contributed by atoms with van der Waals surface area (Å²) in [6.45, 7) is 3.52. The molecule has 0 aliphatic carbocycles. The van der Waals surface area contributed by atoms with Crippen molar-refractivity contribution >= 4 is 43.4 Å². The maximum absolute atomic E-state index is 16.6. The first kappa shape index (κ1) is 27.4. The zero-order chi connectivity index (χ0) is 29.6. The van der Waals surface area contributed by atoms with Gasteiger partial charge < -0.3 is 15.4 Å². The summed E-state index contributed by atoms with van der Waals surface area (Å²) >= 11 is 0.761. The lowest BCUT2D eigenvalue weighted by molar-refractivity contribution is -0.137. The summed E-state index contributed by atoms with van der Waals surface area (Å²) < 4.78 is 95.0. The Balaban J connectivity index is 1.42. The zero-order valence-electron chi connectivity index (χ0n) is 22.4. The Morgan fingerprint density at radius 2 is 1.95 bits per heavy atom. The number of ether oxygens (including phenoxy) is 1. The molecule has 1 unspecified atom stereocenters. The van der Waals surface area contributed by atoms with Crippen LogP contribution in [-0.2, 0) is 6.18 Å². The van der Waals surface area contributed by atoms with Gasteiger partial charge in [0.05, 0.1) is 21.3 Å². The lowest BCUT2D eigenvalue weighted by Crippen LogP contribution is -2.46. The highest BCUT2D eigenvalue weighted by Gasteiger charge is 2.49. The van der Waals surface area contributed by atoms with Gasteiger partial charge in [-0.05, 0) is 50.9 Å². The van der Waals surface area contributed by atoms with Crippen LogP contribution >= 0.6 is 11.3 Å². The van der Waals surface area contributed by atoms with Crippen LogP contribution in [0.15, 0.2) is 18.2 Å². The van der Waals surface area contributed by atoms with E-state index < -0.39 is 40.6 Å². The van der Waals surface area contributed by atoms with E-state index in [4.69, 9.17) is 10.5 Å². The van der Waals surface area contributed by atoms with Gasteiger partial charge in [-0.25, -0.2) is 18.2 Å². The fourth-order valence-electron chi connectivity index (χ4n) is 6.63. The second-order valence-corrected chi connectivity index (χ2v) is 12.4. The summed E-state index contributed by atoms with van der Waals surface area (Å²) in [4.78, 5) is 16.6. The van der Waals surface area contributed by atoms with Gasteiger partial charge in [0, 0.05) is 42.1 Å². The molecule has 3 aliphatic rings. The number of thiazole rings is 1. The number of hydrogen-bond acceptors (Lipinski definition) is 8. The Morgan fingerprint density at radius 1 is 1.14 bits per heavy atom. The van der Waals surface area contributed by atoms with E-state index in [1.807, 2.05) is 11.8 Å². The molecule has 4 aromatic rings. The number of aromatic nitrogens is 3. The van der Waals surface area contributed by atoms with Crippen molar-refractivity contribution in [1.29, 1.82) is 0 Å². The number of hydrogen-bond donors (Lipinski definition) is 1. The summed E-state index contributed by atoms with van der Waals surface area (Å²) in [6, 6.07) is 2.62. The van der Waals surface area contributed by atoms with E-state index in [2.05, 4.69) is 15.0 Å². The minimum absolute atomic E-state index is 0.0474. The molecule has 7 rings (SSSR count). The third-order valence-electron chi connectivity index (χ3n) is 8.80. The first-order chi connectivity index (χ1) is 19.9. The highest BCUT2D eigenvalue weighted by Crippen LogP contribution is 2.47. The normalized spacial score (nSPS) is 24.5. The van der Waals surface area contributed by atoms with Crippen molar-refractivity contribution in [2.45, 2.75) is 56.5 Å². The number of alkyl halides is 4. The van der Waals surface area contributed by atoms with Crippen molar-refractivity contribution < 1.29 is 31.1 Å². The van der Waals surface area contributed by atoms with Crippen molar-refractivity contribution in [3.8, 4) is 17.1 Å². The quantitative estimate of drug-likeness (QED) is 0.265. The minimum Gasteiger partial charge on any atom is -0.461 e. The molecule has 14 heteroatoms. The maximum atomic E-state index is 16.6. The smallest absolute Gasteiger partial charge is 0.417 e. The van der Waals surface area contributed by atoms with Gasteiger partial charge in [0.15, 0.2) is 10.9 Å². The molecular formula is C28H26F6N6OS. The molecule has 3 aliphatic heterocycles. The standard InChI is InChI=1S/C28H26F6N6OS/c1-13-5-8-40(13)24-16-9-17(28(32,33)34)19(15-3-4-18(30)23-22(15)36-25(35)42-23)20(31)21(16)37-26(38-24)41-12-27-6-2-7-39(27)11-14(29)10-27/h3-4,9,13-14H,2,5-8,10-12H2,1H3,(H2,35,36)/t13?,14-,27+/m1/s1. The average molecular weight is 609 g/mol. The van der Waals surface area contributed by atoms with E-state index in [0.717, 1.165) is 55.3 Å². The molecule has 2 aromatic carbocycles. The number of rotatable bonds is 5. The summed E-state index contributed by atoms with van der Waals surface area (Å²) in [5.41, 5.74) is 2.34. The molecular weight excluding hydrogens is 582 g/mol. The first-order valence-corrected chi connectivity index (χ1v) is 14.5. The van der Waals surface area contributed by atoms with Crippen LogP contribution in [0, 0.1) is 11.6 Å². The molecule has 3 fully saturated rings. The van der Waals surface area contributed by atoms with E-state index in [-0.39, 0.29) is 56.3 Å². The SMILES string of the molecule is CC1CCN1c1nc(OC[C@@]23CCCN2C[C@H](F)C3)nc2c(F)c(-c3ccc(F)c4sc(N)nc34)c(C(F)(F)F)cc12. The lowest BCUT2D eigenvalue weighted by Gasteiger charge is -2.40. The molecule has 0 saturated carbocycles. The van der Waals surface area contributed by atoms with Crippen LogP contribution in [0.25, 0.3) is 32.2 Å². The van der Waals surface area contributed by atoms with E-state index in [1.165, 1.54) is 0 Å².